The number of carbonyl (C=O) groups is 1. The van der Waals surface area contributed by atoms with E-state index >= 15 is 0 Å². The van der Waals surface area contributed by atoms with E-state index < -0.39 is 5.60 Å². The molecule has 0 atom stereocenters. The lowest BCUT2D eigenvalue weighted by atomic mass is 10.1. The predicted octanol–water partition coefficient (Wildman–Crippen LogP) is 3.43. The molecule has 6 heteroatoms. The Bertz CT molecular complexity index is 538. The number of pyridine rings is 1. The molecule has 1 aromatic rings. The average molecular weight is 363 g/mol. The van der Waals surface area contributed by atoms with Gasteiger partial charge in [-0.15, -0.1) is 0 Å². The molecule has 26 heavy (non-hydrogen) atoms. The van der Waals surface area contributed by atoms with Crippen LogP contribution in [0.1, 0.15) is 65.5 Å². The van der Waals surface area contributed by atoms with Gasteiger partial charge in [0, 0.05) is 25.7 Å². The minimum atomic E-state index is -0.391. The second-order valence-corrected chi connectivity index (χ2v) is 7.19. The highest BCUT2D eigenvalue weighted by Gasteiger charge is 2.15. The number of carbonyl (C=O) groups excluding carboxylic acids is 1. The maximum atomic E-state index is 11.6. The molecule has 146 valence electrons. The molecule has 0 spiro atoms. The van der Waals surface area contributed by atoms with E-state index in [4.69, 9.17) is 4.74 Å². The second-order valence-electron chi connectivity index (χ2n) is 7.19. The molecule has 0 fully saturated rings. The lowest BCUT2D eigenvalue weighted by molar-refractivity contribution is -0.154. The molecule has 0 saturated carbocycles. The van der Waals surface area contributed by atoms with Gasteiger partial charge < -0.3 is 15.4 Å². The highest BCUT2D eigenvalue weighted by molar-refractivity contribution is 5.79. The fourth-order valence-corrected chi connectivity index (χ4v) is 2.34. The zero-order valence-corrected chi connectivity index (χ0v) is 16.7. The molecule has 6 nitrogen and oxygen atoms in total. The smallest absolute Gasteiger partial charge is 0.306 e. The Kier molecular flexibility index (Phi) is 10.4. The molecule has 0 aliphatic rings. The maximum absolute atomic E-state index is 11.6. The molecule has 0 saturated heterocycles. The van der Waals surface area contributed by atoms with Crippen molar-refractivity contribution in [3.8, 4) is 0 Å². The molecular weight excluding hydrogens is 328 g/mol. The number of hydrogen-bond acceptors (Lipinski definition) is 4. The Morgan fingerprint density at radius 1 is 1.15 bits per heavy atom. The molecule has 0 aliphatic carbocycles. The first-order chi connectivity index (χ1) is 12.4. The number of rotatable bonds is 10. The summed E-state index contributed by atoms with van der Waals surface area (Å²) in [4.78, 5) is 20.5. The van der Waals surface area contributed by atoms with Gasteiger partial charge in [-0.05, 0) is 52.7 Å². The molecule has 2 N–H and O–H groups in total. The summed E-state index contributed by atoms with van der Waals surface area (Å²) in [5, 5.41) is 6.58. The first-order valence-corrected chi connectivity index (χ1v) is 9.54. The zero-order valence-electron chi connectivity index (χ0n) is 16.7. The fourth-order valence-electron chi connectivity index (χ4n) is 2.34. The lowest BCUT2D eigenvalue weighted by Crippen LogP contribution is -2.37. The average Bonchev–Trinajstić information content (AvgIpc) is 2.58. The van der Waals surface area contributed by atoms with Crippen LogP contribution >= 0.6 is 0 Å². The summed E-state index contributed by atoms with van der Waals surface area (Å²) >= 11 is 0. The van der Waals surface area contributed by atoms with Crippen LogP contribution in [0, 0.1) is 0 Å². The monoisotopic (exact) mass is 362 g/mol. The van der Waals surface area contributed by atoms with Gasteiger partial charge in [-0.3, -0.25) is 9.78 Å². The Labute approximate surface area is 157 Å². The van der Waals surface area contributed by atoms with Crippen molar-refractivity contribution in [1.29, 1.82) is 0 Å². The van der Waals surface area contributed by atoms with E-state index in [0.29, 0.717) is 13.0 Å². The Balaban J connectivity index is 2.16. The third-order valence-corrected chi connectivity index (χ3v) is 3.49. The Morgan fingerprint density at radius 3 is 2.58 bits per heavy atom. The second kappa shape index (κ2) is 12.3. The van der Waals surface area contributed by atoms with Crippen LogP contribution in [-0.4, -0.2) is 35.6 Å². The number of esters is 1. The molecule has 0 aromatic carbocycles. The number of unbranched alkanes of at least 4 members (excludes halogenated alkanes) is 3. The van der Waals surface area contributed by atoms with Crippen LogP contribution in [0.4, 0.5) is 0 Å². The van der Waals surface area contributed by atoms with Crippen molar-refractivity contribution in [3.63, 3.8) is 0 Å². The summed E-state index contributed by atoms with van der Waals surface area (Å²) < 4.78 is 5.31. The largest absolute Gasteiger partial charge is 0.460 e. The van der Waals surface area contributed by atoms with Crippen LogP contribution in [0.2, 0.25) is 0 Å². The number of nitrogens with zero attached hydrogens (tertiary/aromatic N) is 2. The molecule has 1 aromatic heterocycles. The van der Waals surface area contributed by atoms with Gasteiger partial charge in [0.2, 0.25) is 0 Å². The molecular formula is C20H34N4O2. The van der Waals surface area contributed by atoms with E-state index in [1.165, 1.54) is 0 Å². The topological polar surface area (TPSA) is 75.6 Å². The van der Waals surface area contributed by atoms with Crippen molar-refractivity contribution in [2.75, 3.05) is 13.1 Å². The van der Waals surface area contributed by atoms with Crippen molar-refractivity contribution < 1.29 is 9.53 Å². The summed E-state index contributed by atoms with van der Waals surface area (Å²) in [7, 11) is 0. The summed E-state index contributed by atoms with van der Waals surface area (Å²) in [6.45, 7) is 9.99. The standard InChI is InChI=1S/C20H34N4O2/c1-5-21-19(24-16-17-12-9-11-14-22-17)23-15-10-7-6-8-13-18(25)26-20(2,3)4/h9,11-12,14H,5-8,10,13,15-16H2,1-4H3,(H2,21,23,24). The van der Waals surface area contributed by atoms with Gasteiger partial charge in [0.1, 0.15) is 5.60 Å². The van der Waals surface area contributed by atoms with Gasteiger partial charge in [-0.25, -0.2) is 4.99 Å². The summed E-state index contributed by atoms with van der Waals surface area (Å²) in [6, 6.07) is 5.84. The SMILES string of the molecule is CCNC(=NCc1ccccn1)NCCCCCCC(=O)OC(C)(C)C. The van der Waals surface area contributed by atoms with Gasteiger partial charge >= 0.3 is 5.97 Å². The third kappa shape index (κ3) is 11.4. The van der Waals surface area contributed by atoms with Crippen molar-refractivity contribution in [1.82, 2.24) is 15.6 Å². The van der Waals surface area contributed by atoms with Crippen LogP contribution in [0.5, 0.6) is 0 Å². The fraction of sp³-hybridized carbons (Fsp3) is 0.650. The van der Waals surface area contributed by atoms with E-state index in [1.807, 2.05) is 39.0 Å². The van der Waals surface area contributed by atoms with Gasteiger partial charge in [0.05, 0.1) is 12.2 Å². The molecule has 0 unspecified atom stereocenters. The molecule has 0 amide bonds. The van der Waals surface area contributed by atoms with Crippen molar-refractivity contribution in [2.45, 2.75) is 71.9 Å². The van der Waals surface area contributed by atoms with E-state index in [2.05, 4.69) is 27.5 Å². The Morgan fingerprint density at radius 2 is 1.92 bits per heavy atom. The molecule has 0 radical (unpaired) electrons. The van der Waals surface area contributed by atoms with Crippen molar-refractivity contribution in [3.05, 3.63) is 30.1 Å². The normalized spacial score (nSPS) is 11.9. The van der Waals surface area contributed by atoms with Crippen LogP contribution in [0.15, 0.2) is 29.4 Å². The van der Waals surface area contributed by atoms with Crippen LogP contribution in [-0.2, 0) is 16.1 Å². The quantitative estimate of drug-likeness (QED) is 0.289. The first-order valence-electron chi connectivity index (χ1n) is 9.54. The predicted molar refractivity (Wildman–Crippen MR) is 106 cm³/mol. The highest BCUT2D eigenvalue weighted by Crippen LogP contribution is 2.10. The number of aromatic nitrogens is 1. The number of hydrogen-bond donors (Lipinski definition) is 2. The molecule has 0 bridgehead atoms. The van der Waals surface area contributed by atoms with E-state index in [9.17, 15) is 4.79 Å². The zero-order chi connectivity index (χ0) is 19.3. The Hall–Kier alpha value is -2.11. The summed E-state index contributed by atoms with van der Waals surface area (Å²) in [5.41, 5.74) is 0.560. The minimum Gasteiger partial charge on any atom is -0.460 e. The van der Waals surface area contributed by atoms with Gasteiger partial charge in [0.25, 0.3) is 0 Å². The van der Waals surface area contributed by atoms with E-state index in [0.717, 1.165) is 50.4 Å². The van der Waals surface area contributed by atoms with Crippen molar-refractivity contribution >= 4 is 11.9 Å². The minimum absolute atomic E-state index is 0.105. The van der Waals surface area contributed by atoms with Gasteiger partial charge in [0.15, 0.2) is 5.96 Å². The van der Waals surface area contributed by atoms with E-state index in [1.54, 1.807) is 6.20 Å². The molecule has 1 heterocycles. The lowest BCUT2D eigenvalue weighted by Gasteiger charge is -2.19. The number of guanidine groups is 1. The van der Waals surface area contributed by atoms with Crippen LogP contribution < -0.4 is 10.6 Å². The highest BCUT2D eigenvalue weighted by atomic mass is 16.6. The molecule has 0 aliphatic heterocycles. The number of ether oxygens (including phenoxy) is 1. The van der Waals surface area contributed by atoms with Crippen LogP contribution in [0.3, 0.4) is 0 Å². The number of aliphatic imine (C=N–C) groups is 1. The van der Waals surface area contributed by atoms with E-state index in [-0.39, 0.29) is 5.97 Å². The summed E-state index contributed by atoms with van der Waals surface area (Å²) in [5.74, 6) is 0.707. The van der Waals surface area contributed by atoms with Gasteiger partial charge in [-0.1, -0.05) is 18.9 Å². The van der Waals surface area contributed by atoms with Crippen LogP contribution in [0.25, 0.3) is 0 Å². The first kappa shape index (κ1) is 21.9. The van der Waals surface area contributed by atoms with Gasteiger partial charge in [-0.2, -0.15) is 0 Å². The number of nitrogens with one attached hydrogen (secondary N) is 2. The third-order valence-electron chi connectivity index (χ3n) is 3.49. The maximum Gasteiger partial charge on any atom is 0.306 e. The molecule has 1 rings (SSSR count). The van der Waals surface area contributed by atoms with Crippen molar-refractivity contribution in [2.24, 2.45) is 4.99 Å². The summed E-state index contributed by atoms with van der Waals surface area (Å²) in [6.07, 6.45) is 6.31.